The molecule has 24 heavy (non-hydrogen) atoms. The molecule has 0 spiro atoms. The molecular weight excluding hydrogens is 319 g/mol. The summed E-state index contributed by atoms with van der Waals surface area (Å²) in [6, 6.07) is 12.4. The van der Waals surface area contributed by atoms with Gasteiger partial charge in [-0.3, -0.25) is 0 Å². The molecule has 1 heterocycles. The third-order valence-electron chi connectivity index (χ3n) is 3.51. The average Bonchev–Trinajstić information content (AvgIpc) is 3.02. The second kappa shape index (κ2) is 6.35. The van der Waals surface area contributed by atoms with Gasteiger partial charge < -0.3 is 9.84 Å². The number of nitrogens with one attached hydrogen (secondary N) is 1. The van der Waals surface area contributed by atoms with E-state index in [4.69, 9.17) is 4.52 Å². The molecule has 0 radical (unpaired) electrons. The summed E-state index contributed by atoms with van der Waals surface area (Å²) in [5, 5.41) is 6.98. The van der Waals surface area contributed by atoms with Gasteiger partial charge in [-0.05, 0) is 30.7 Å². The van der Waals surface area contributed by atoms with Crippen LogP contribution in [0, 0.1) is 6.92 Å². The summed E-state index contributed by atoms with van der Waals surface area (Å²) < 4.78 is 42.8. The van der Waals surface area contributed by atoms with E-state index in [1.807, 2.05) is 31.2 Å². The average molecular weight is 333 g/mol. The predicted octanol–water partition coefficient (Wildman–Crippen LogP) is 4.68. The summed E-state index contributed by atoms with van der Waals surface area (Å²) in [5.74, 6) is 0.610. The number of aromatic nitrogens is 2. The van der Waals surface area contributed by atoms with E-state index in [1.54, 1.807) is 0 Å². The molecule has 0 fully saturated rings. The van der Waals surface area contributed by atoms with E-state index in [2.05, 4.69) is 15.5 Å². The van der Waals surface area contributed by atoms with Crippen LogP contribution in [-0.4, -0.2) is 10.1 Å². The van der Waals surface area contributed by atoms with Gasteiger partial charge in [0.2, 0.25) is 11.7 Å². The third kappa shape index (κ3) is 3.56. The highest BCUT2D eigenvalue weighted by atomic mass is 19.4. The number of nitrogens with zero attached hydrogens (tertiary/aromatic N) is 2. The summed E-state index contributed by atoms with van der Waals surface area (Å²) in [6.07, 6.45) is -4.36. The van der Waals surface area contributed by atoms with Crippen LogP contribution >= 0.6 is 0 Å². The second-order valence-corrected chi connectivity index (χ2v) is 5.26. The van der Waals surface area contributed by atoms with Crippen LogP contribution in [-0.2, 0) is 12.7 Å². The molecule has 3 aromatic rings. The van der Waals surface area contributed by atoms with Crippen LogP contribution in [0.15, 0.2) is 53.1 Å². The van der Waals surface area contributed by atoms with Gasteiger partial charge in [-0.2, -0.15) is 18.2 Å². The van der Waals surface area contributed by atoms with Crippen molar-refractivity contribution in [2.45, 2.75) is 19.6 Å². The highest BCUT2D eigenvalue weighted by Crippen LogP contribution is 2.30. The van der Waals surface area contributed by atoms with Gasteiger partial charge in [0.1, 0.15) is 0 Å². The third-order valence-corrected chi connectivity index (χ3v) is 3.51. The first kappa shape index (κ1) is 16.0. The normalized spacial score (nSPS) is 11.5. The van der Waals surface area contributed by atoms with Crippen molar-refractivity contribution >= 4 is 5.69 Å². The number of para-hydroxylation sites is 1. The minimum Gasteiger partial charge on any atom is -0.376 e. The maximum absolute atomic E-state index is 12.6. The van der Waals surface area contributed by atoms with Crippen molar-refractivity contribution in [2.24, 2.45) is 0 Å². The molecule has 0 bridgehead atoms. The van der Waals surface area contributed by atoms with Crippen LogP contribution in [0.4, 0.5) is 18.9 Å². The fourth-order valence-electron chi connectivity index (χ4n) is 2.19. The molecule has 0 aliphatic heterocycles. The molecular formula is C17H14F3N3O. The van der Waals surface area contributed by atoms with Crippen molar-refractivity contribution in [1.82, 2.24) is 10.1 Å². The number of halogens is 3. The van der Waals surface area contributed by atoms with Crippen LogP contribution in [0.1, 0.15) is 17.0 Å². The molecule has 0 aliphatic carbocycles. The summed E-state index contributed by atoms with van der Waals surface area (Å²) in [7, 11) is 0. The smallest absolute Gasteiger partial charge is 0.376 e. The number of alkyl halides is 3. The molecule has 0 unspecified atom stereocenters. The quantitative estimate of drug-likeness (QED) is 0.753. The Balaban J connectivity index is 1.70. The molecule has 1 N–H and O–H groups in total. The first-order chi connectivity index (χ1) is 11.4. The number of aryl methyl sites for hydroxylation is 1. The summed E-state index contributed by atoms with van der Waals surface area (Å²) in [5.41, 5.74) is 1.79. The fourth-order valence-corrected chi connectivity index (χ4v) is 2.19. The van der Waals surface area contributed by atoms with Gasteiger partial charge >= 0.3 is 6.18 Å². The summed E-state index contributed by atoms with van der Waals surface area (Å²) in [4.78, 5) is 4.20. The number of hydrogen-bond donors (Lipinski definition) is 1. The molecule has 1 aromatic heterocycles. The zero-order chi connectivity index (χ0) is 17.2. The van der Waals surface area contributed by atoms with Crippen LogP contribution in [0.3, 0.4) is 0 Å². The van der Waals surface area contributed by atoms with Gasteiger partial charge in [0, 0.05) is 11.3 Å². The van der Waals surface area contributed by atoms with E-state index in [0.29, 0.717) is 18.0 Å². The van der Waals surface area contributed by atoms with Crippen molar-refractivity contribution in [3.63, 3.8) is 0 Å². The highest BCUT2D eigenvalue weighted by molar-refractivity contribution is 5.55. The lowest BCUT2D eigenvalue weighted by Gasteiger charge is -2.06. The Hall–Kier alpha value is -2.83. The maximum atomic E-state index is 12.6. The molecule has 7 heteroatoms. The van der Waals surface area contributed by atoms with E-state index in [1.165, 1.54) is 12.1 Å². The van der Waals surface area contributed by atoms with Crippen LogP contribution in [0.5, 0.6) is 0 Å². The lowest BCUT2D eigenvalue weighted by molar-refractivity contribution is -0.137. The molecule has 0 saturated carbocycles. The van der Waals surface area contributed by atoms with Gasteiger partial charge in [-0.1, -0.05) is 35.5 Å². The first-order valence-electron chi connectivity index (χ1n) is 7.23. The van der Waals surface area contributed by atoms with Gasteiger partial charge in [0.15, 0.2) is 0 Å². The van der Waals surface area contributed by atoms with Crippen molar-refractivity contribution in [1.29, 1.82) is 0 Å². The second-order valence-electron chi connectivity index (χ2n) is 5.26. The molecule has 124 valence electrons. The Morgan fingerprint density at radius 3 is 2.42 bits per heavy atom. The Morgan fingerprint density at radius 2 is 1.75 bits per heavy atom. The molecule has 0 saturated heterocycles. The Labute approximate surface area is 136 Å². The standard InChI is InChI=1S/C17H14F3N3O/c1-11-4-2-3-5-14(11)21-10-15-22-16(23-24-15)12-6-8-13(9-7-12)17(18,19)20/h2-9,21H,10H2,1H3. The largest absolute Gasteiger partial charge is 0.416 e. The van der Waals surface area contributed by atoms with Gasteiger partial charge in [-0.15, -0.1) is 0 Å². The predicted molar refractivity (Wildman–Crippen MR) is 83.2 cm³/mol. The number of anilines is 1. The minimum atomic E-state index is -4.36. The topological polar surface area (TPSA) is 51.0 Å². The maximum Gasteiger partial charge on any atom is 0.416 e. The monoisotopic (exact) mass is 333 g/mol. The summed E-state index contributed by atoms with van der Waals surface area (Å²) in [6.45, 7) is 2.31. The van der Waals surface area contributed by atoms with E-state index in [-0.39, 0.29) is 5.82 Å². The SMILES string of the molecule is Cc1ccccc1NCc1nc(-c2ccc(C(F)(F)F)cc2)no1. The van der Waals surface area contributed by atoms with Gasteiger partial charge in [-0.25, -0.2) is 0 Å². The highest BCUT2D eigenvalue weighted by Gasteiger charge is 2.30. The number of benzene rings is 2. The molecule has 2 aromatic carbocycles. The zero-order valence-electron chi connectivity index (χ0n) is 12.8. The van der Waals surface area contributed by atoms with Crippen LogP contribution < -0.4 is 5.32 Å². The minimum absolute atomic E-state index is 0.255. The lowest BCUT2D eigenvalue weighted by Crippen LogP contribution is -2.04. The first-order valence-corrected chi connectivity index (χ1v) is 7.23. The Morgan fingerprint density at radius 1 is 1.04 bits per heavy atom. The van der Waals surface area contributed by atoms with Crippen molar-refractivity contribution in [3.8, 4) is 11.4 Å². The van der Waals surface area contributed by atoms with E-state index in [9.17, 15) is 13.2 Å². The molecule has 4 nitrogen and oxygen atoms in total. The molecule has 0 amide bonds. The fraction of sp³-hybridized carbons (Fsp3) is 0.176. The van der Waals surface area contributed by atoms with Crippen molar-refractivity contribution in [2.75, 3.05) is 5.32 Å². The van der Waals surface area contributed by atoms with E-state index in [0.717, 1.165) is 23.4 Å². The number of rotatable bonds is 4. The van der Waals surface area contributed by atoms with Crippen LogP contribution in [0.2, 0.25) is 0 Å². The molecule has 0 aliphatic rings. The lowest BCUT2D eigenvalue weighted by atomic mass is 10.1. The summed E-state index contributed by atoms with van der Waals surface area (Å²) >= 11 is 0. The van der Waals surface area contributed by atoms with Gasteiger partial charge in [0.25, 0.3) is 0 Å². The molecule has 0 atom stereocenters. The van der Waals surface area contributed by atoms with Crippen molar-refractivity contribution in [3.05, 3.63) is 65.5 Å². The van der Waals surface area contributed by atoms with E-state index < -0.39 is 11.7 Å². The Kier molecular flexibility index (Phi) is 4.24. The Bertz CT molecular complexity index is 826. The zero-order valence-corrected chi connectivity index (χ0v) is 12.8. The number of hydrogen-bond acceptors (Lipinski definition) is 4. The van der Waals surface area contributed by atoms with E-state index >= 15 is 0 Å². The van der Waals surface area contributed by atoms with Crippen LogP contribution in [0.25, 0.3) is 11.4 Å². The molecule has 3 rings (SSSR count). The van der Waals surface area contributed by atoms with Crippen molar-refractivity contribution < 1.29 is 17.7 Å². The van der Waals surface area contributed by atoms with Gasteiger partial charge in [0.05, 0.1) is 12.1 Å².